The van der Waals surface area contributed by atoms with Crippen LogP contribution in [0.3, 0.4) is 0 Å². The molecule has 1 rings (SSSR count). The number of hydrogen-bond donors (Lipinski definition) is 1. The minimum Gasteiger partial charge on any atom is -0.453 e. The second kappa shape index (κ2) is 5.35. The minimum atomic E-state index is -0.819. The Hall–Kier alpha value is -1.30. The molecule has 1 saturated heterocycles. The zero-order valence-electron chi connectivity index (χ0n) is 10.8. The normalized spacial score (nSPS) is 20.2. The van der Waals surface area contributed by atoms with Crippen LogP contribution in [0.15, 0.2) is 0 Å². The van der Waals surface area contributed by atoms with Crippen molar-refractivity contribution < 1.29 is 19.1 Å². The fourth-order valence-corrected chi connectivity index (χ4v) is 1.76. The summed E-state index contributed by atoms with van der Waals surface area (Å²) in [6, 6.07) is -0.0425. The first-order valence-corrected chi connectivity index (χ1v) is 5.59. The highest BCUT2D eigenvalue weighted by Gasteiger charge is 2.36. The summed E-state index contributed by atoms with van der Waals surface area (Å²) in [4.78, 5) is 24.8. The van der Waals surface area contributed by atoms with Crippen molar-refractivity contribution in [3.8, 4) is 0 Å². The molecule has 6 heteroatoms. The third-order valence-corrected chi connectivity index (χ3v) is 3.01. The molecule has 0 spiro atoms. The Morgan fingerprint density at radius 3 is 2.53 bits per heavy atom. The number of methoxy groups -OCH3 is 2. The second-order valence-corrected chi connectivity index (χ2v) is 4.59. The highest BCUT2D eigenvalue weighted by atomic mass is 16.5. The van der Waals surface area contributed by atoms with Crippen LogP contribution in [0.25, 0.3) is 0 Å². The summed E-state index contributed by atoms with van der Waals surface area (Å²) in [5.74, 6) is -0.0610. The van der Waals surface area contributed by atoms with Gasteiger partial charge >= 0.3 is 6.09 Å². The number of nitrogens with zero attached hydrogens (tertiary/aromatic N) is 1. The Morgan fingerprint density at radius 2 is 2.00 bits per heavy atom. The maximum atomic E-state index is 12.1. The average Bonchev–Trinajstić information content (AvgIpc) is 2.76. The van der Waals surface area contributed by atoms with Gasteiger partial charge in [-0.2, -0.15) is 0 Å². The van der Waals surface area contributed by atoms with Crippen LogP contribution in [-0.4, -0.2) is 55.9 Å². The van der Waals surface area contributed by atoms with Crippen LogP contribution in [0.4, 0.5) is 4.79 Å². The predicted octanol–water partition coefficient (Wildman–Crippen LogP) is 0.368. The van der Waals surface area contributed by atoms with Gasteiger partial charge in [-0.25, -0.2) is 4.79 Å². The van der Waals surface area contributed by atoms with E-state index in [9.17, 15) is 9.59 Å². The van der Waals surface area contributed by atoms with Gasteiger partial charge in [0, 0.05) is 20.2 Å². The van der Waals surface area contributed by atoms with E-state index in [4.69, 9.17) is 4.74 Å². The smallest absolute Gasteiger partial charge is 0.407 e. The number of rotatable bonds is 3. The maximum Gasteiger partial charge on any atom is 0.407 e. The molecule has 1 fully saturated rings. The van der Waals surface area contributed by atoms with Gasteiger partial charge < -0.3 is 19.7 Å². The molecule has 1 heterocycles. The van der Waals surface area contributed by atoms with Crippen LogP contribution >= 0.6 is 0 Å². The van der Waals surface area contributed by atoms with Crippen molar-refractivity contribution >= 4 is 12.0 Å². The lowest BCUT2D eigenvalue weighted by molar-refractivity contribution is -0.149. The predicted molar refractivity (Wildman–Crippen MR) is 61.6 cm³/mol. The Balaban J connectivity index is 2.50. The molecule has 0 aromatic carbocycles. The molecule has 2 amide bonds. The third kappa shape index (κ3) is 3.33. The number of carbonyl (C=O) groups excluding carboxylic acids is 2. The first-order valence-electron chi connectivity index (χ1n) is 5.59. The van der Waals surface area contributed by atoms with Gasteiger partial charge in [0.25, 0.3) is 5.91 Å². The average molecular weight is 244 g/mol. The van der Waals surface area contributed by atoms with E-state index < -0.39 is 11.7 Å². The molecule has 98 valence electrons. The Morgan fingerprint density at radius 1 is 1.35 bits per heavy atom. The van der Waals surface area contributed by atoms with Gasteiger partial charge in [0.2, 0.25) is 0 Å². The van der Waals surface area contributed by atoms with Gasteiger partial charge in [-0.3, -0.25) is 4.79 Å². The van der Waals surface area contributed by atoms with Crippen molar-refractivity contribution in [1.82, 2.24) is 10.2 Å². The number of amides is 2. The van der Waals surface area contributed by atoms with E-state index in [2.05, 4.69) is 10.1 Å². The zero-order valence-corrected chi connectivity index (χ0v) is 10.8. The molecule has 1 atom stereocenters. The van der Waals surface area contributed by atoms with Crippen LogP contribution in [0.1, 0.15) is 20.3 Å². The van der Waals surface area contributed by atoms with E-state index in [1.807, 2.05) is 0 Å². The lowest BCUT2D eigenvalue weighted by Gasteiger charge is -2.27. The first-order chi connectivity index (χ1) is 7.90. The summed E-state index contributed by atoms with van der Waals surface area (Å²) in [6.45, 7) is 4.59. The number of hydrogen-bond acceptors (Lipinski definition) is 4. The van der Waals surface area contributed by atoms with Crippen molar-refractivity contribution in [2.75, 3.05) is 27.3 Å². The number of alkyl carbamates (subject to hydrolysis) is 1. The zero-order chi connectivity index (χ0) is 13.1. The van der Waals surface area contributed by atoms with Crippen molar-refractivity contribution in [2.24, 2.45) is 0 Å². The minimum absolute atomic E-state index is 0.0425. The van der Waals surface area contributed by atoms with E-state index in [0.29, 0.717) is 13.1 Å². The van der Waals surface area contributed by atoms with E-state index >= 15 is 0 Å². The summed E-state index contributed by atoms with van der Waals surface area (Å²) in [7, 11) is 2.83. The summed E-state index contributed by atoms with van der Waals surface area (Å²) < 4.78 is 9.66. The molecule has 0 aromatic rings. The van der Waals surface area contributed by atoms with E-state index in [1.165, 1.54) is 14.2 Å². The van der Waals surface area contributed by atoms with Crippen molar-refractivity contribution in [2.45, 2.75) is 31.9 Å². The summed E-state index contributed by atoms with van der Waals surface area (Å²) in [6.07, 6.45) is 0.274. The van der Waals surface area contributed by atoms with Crippen molar-refractivity contribution in [1.29, 1.82) is 0 Å². The number of carbonyl (C=O) groups is 2. The molecule has 1 unspecified atom stereocenters. The molecule has 0 saturated carbocycles. The van der Waals surface area contributed by atoms with E-state index in [-0.39, 0.29) is 11.9 Å². The topological polar surface area (TPSA) is 67.9 Å². The highest BCUT2D eigenvalue weighted by Crippen LogP contribution is 2.17. The highest BCUT2D eigenvalue weighted by molar-refractivity contribution is 5.84. The molecule has 0 aromatic heterocycles. The molecule has 0 aliphatic carbocycles. The number of nitrogens with one attached hydrogen (secondary N) is 1. The molecule has 0 radical (unpaired) electrons. The summed E-state index contributed by atoms with van der Waals surface area (Å²) >= 11 is 0. The quantitative estimate of drug-likeness (QED) is 0.778. The number of ether oxygens (including phenoxy) is 2. The van der Waals surface area contributed by atoms with Crippen molar-refractivity contribution in [3.63, 3.8) is 0 Å². The summed E-state index contributed by atoms with van der Waals surface area (Å²) in [5.41, 5.74) is -0.819. The standard InChI is InChI=1S/C11H20N2O4/c1-11(2,17-4)9(14)13-6-5-8(7-13)12-10(15)16-3/h8H,5-7H2,1-4H3,(H,12,15). The molecule has 6 nitrogen and oxygen atoms in total. The molecular weight excluding hydrogens is 224 g/mol. The molecule has 0 bridgehead atoms. The van der Waals surface area contributed by atoms with Crippen LogP contribution in [0, 0.1) is 0 Å². The Kier molecular flexibility index (Phi) is 4.34. The van der Waals surface area contributed by atoms with Gasteiger partial charge in [-0.05, 0) is 20.3 Å². The van der Waals surface area contributed by atoms with Gasteiger partial charge in [0.05, 0.1) is 13.2 Å². The maximum absolute atomic E-state index is 12.1. The molecular formula is C11H20N2O4. The first kappa shape index (κ1) is 13.8. The van der Waals surface area contributed by atoms with Crippen LogP contribution in [0.5, 0.6) is 0 Å². The molecule has 17 heavy (non-hydrogen) atoms. The molecule has 1 aliphatic rings. The Bertz CT molecular complexity index is 304. The summed E-state index contributed by atoms with van der Waals surface area (Å²) in [5, 5.41) is 2.69. The lowest BCUT2D eigenvalue weighted by atomic mass is 10.1. The van der Waals surface area contributed by atoms with E-state index in [0.717, 1.165) is 6.42 Å². The number of likely N-dealkylation sites (tertiary alicyclic amines) is 1. The fourth-order valence-electron chi connectivity index (χ4n) is 1.76. The monoisotopic (exact) mass is 244 g/mol. The van der Waals surface area contributed by atoms with Crippen LogP contribution in [-0.2, 0) is 14.3 Å². The SMILES string of the molecule is COC(=O)NC1CCN(C(=O)C(C)(C)OC)C1. The van der Waals surface area contributed by atoms with Gasteiger partial charge in [0.15, 0.2) is 0 Å². The van der Waals surface area contributed by atoms with Gasteiger partial charge in [-0.15, -0.1) is 0 Å². The fraction of sp³-hybridized carbons (Fsp3) is 0.818. The van der Waals surface area contributed by atoms with Gasteiger partial charge in [0.1, 0.15) is 5.60 Å². The van der Waals surface area contributed by atoms with E-state index in [1.54, 1.807) is 18.7 Å². The molecule has 1 aliphatic heterocycles. The van der Waals surface area contributed by atoms with Crippen LogP contribution in [0.2, 0.25) is 0 Å². The van der Waals surface area contributed by atoms with Crippen molar-refractivity contribution in [3.05, 3.63) is 0 Å². The molecule has 1 N–H and O–H groups in total. The van der Waals surface area contributed by atoms with Gasteiger partial charge in [-0.1, -0.05) is 0 Å². The Labute approximate surface area is 101 Å². The third-order valence-electron chi connectivity index (χ3n) is 3.01. The van der Waals surface area contributed by atoms with Crippen LogP contribution < -0.4 is 5.32 Å². The largest absolute Gasteiger partial charge is 0.453 e. The second-order valence-electron chi connectivity index (χ2n) is 4.59. The lowest BCUT2D eigenvalue weighted by Crippen LogP contribution is -2.47.